The van der Waals surface area contributed by atoms with Gasteiger partial charge >= 0.3 is 0 Å². The summed E-state index contributed by atoms with van der Waals surface area (Å²) >= 11 is 0. The van der Waals surface area contributed by atoms with E-state index in [9.17, 15) is 0 Å². The third-order valence-corrected chi connectivity index (χ3v) is 3.84. The predicted molar refractivity (Wildman–Crippen MR) is 43.3 cm³/mol. The van der Waals surface area contributed by atoms with Gasteiger partial charge in [-0.3, -0.25) is 0 Å². The molecule has 0 aromatic carbocycles. The van der Waals surface area contributed by atoms with Crippen molar-refractivity contribution < 1.29 is 4.52 Å². The van der Waals surface area contributed by atoms with E-state index in [0.717, 1.165) is 15.0 Å². The van der Waals surface area contributed by atoms with E-state index in [0.29, 0.717) is 0 Å². The van der Waals surface area contributed by atoms with Crippen LogP contribution in [-0.2, 0) is 4.52 Å². The molecule has 0 saturated heterocycles. The minimum absolute atomic E-state index is 0.780. The van der Waals surface area contributed by atoms with Crippen molar-refractivity contribution in [2.75, 3.05) is 6.61 Å². The van der Waals surface area contributed by atoms with Gasteiger partial charge in [-0.2, -0.15) is 0 Å². The lowest BCUT2D eigenvalue weighted by Crippen LogP contribution is -2.11. The number of rotatable bonds is 3. The van der Waals surface area contributed by atoms with Crippen molar-refractivity contribution in [1.29, 1.82) is 0 Å². The summed E-state index contributed by atoms with van der Waals surface area (Å²) in [4.78, 5) is 0. The second kappa shape index (κ2) is 3.60. The van der Waals surface area contributed by atoms with Crippen LogP contribution in [-0.4, -0.2) is 14.3 Å². The van der Waals surface area contributed by atoms with Gasteiger partial charge in [0, 0.05) is 6.61 Å². The molecular formula is C5H15OPSi. The number of hydrogen-bond donors (Lipinski definition) is 0. The van der Waals surface area contributed by atoms with Crippen LogP contribution < -0.4 is 0 Å². The first-order chi connectivity index (χ1) is 3.56. The molecule has 0 bridgehead atoms. The maximum Gasteiger partial charge on any atom is 0.101 e. The van der Waals surface area contributed by atoms with Crippen LogP contribution >= 0.6 is 8.36 Å². The highest BCUT2D eigenvalue weighted by molar-refractivity contribution is 7.77. The smallest absolute Gasteiger partial charge is 0.101 e. The van der Waals surface area contributed by atoms with Gasteiger partial charge in [0.25, 0.3) is 0 Å². The zero-order valence-electron chi connectivity index (χ0n) is 6.12. The number of hydrogen-bond acceptors (Lipinski definition) is 1. The molecule has 0 saturated carbocycles. The normalized spacial score (nSPS) is 13.5. The lowest BCUT2D eigenvalue weighted by molar-refractivity contribution is 0.395. The molecule has 0 fully saturated rings. The average Bonchev–Trinajstić information content (AvgIpc) is 1.59. The second-order valence-electron chi connectivity index (χ2n) is 2.79. The van der Waals surface area contributed by atoms with Gasteiger partial charge in [-0.15, -0.1) is 0 Å². The molecule has 0 aliphatic rings. The van der Waals surface area contributed by atoms with E-state index < -0.39 is 7.74 Å². The quantitative estimate of drug-likeness (QED) is 0.443. The van der Waals surface area contributed by atoms with Crippen LogP contribution in [0, 0.1) is 0 Å². The Balaban J connectivity index is 3.11. The van der Waals surface area contributed by atoms with Crippen molar-refractivity contribution in [3.05, 3.63) is 0 Å². The summed E-state index contributed by atoms with van der Waals surface area (Å²) < 4.78 is 5.29. The minimum atomic E-state index is -0.873. The van der Waals surface area contributed by atoms with Gasteiger partial charge in [-0.05, 0) is 15.3 Å². The zero-order valence-corrected chi connectivity index (χ0v) is 8.12. The molecule has 0 aliphatic heterocycles. The third kappa shape index (κ3) is 6.61. The van der Waals surface area contributed by atoms with Crippen LogP contribution in [0.5, 0.6) is 0 Å². The van der Waals surface area contributed by atoms with E-state index in [-0.39, 0.29) is 0 Å². The van der Waals surface area contributed by atoms with E-state index in [1.165, 1.54) is 0 Å². The molecule has 0 aliphatic carbocycles. The topological polar surface area (TPSA) is 9.23 Å². The average molecular weight is 150 g/mol. The van der Waals surface area contributed by atoms with Crippen molar-refractivity contribution in [3.8, 4) is 0 Å². The molecule has 0 heterocycles. The van der Waals surface area contributed by atoms with Crippen molar-refractivity contribution in [3.63, 3.8) is 0 Å². The molecule has 8 heavy (non-hydrogen) atoms. The second-order valence-corrected chi connectivity index (χ2v) is 12.9. The van der Waals surface area contributed by atoms with Gasteiger partial charge in [0.1, 0.15) is 7.74 Å². The van der Waals surface area contributed by atoms with Gasteiger partial charge in [-0.25, -0.2) is 0 Å². The standard InChI is InChI=1S/C5H15OPSi/c1-5-6-7-8(2,3)4/h7H,5H2,1-4H3. The lowest BCUT2D eigenvalue weighted by atomic mass is 10.9. The van der Waals surface area contributed by atoms with Gasteiger partial charge < -0.3 is 4.52 Å². The summed E-state index contributed by atoms with van der Waals surface area (Å²) in [6.07, 6.45) is 0. The summed E-state index contributed by atoms with van der Waals surface area (Å²) in [7, 11) is -0.0922. The molecule has 0 N–H and O–H groups in total. The van der Waals surface area contributed by atoms with Gasteiger partial charge in [-0.1, -0.05) is 19.6 Å². The first-order valence-corrected chi connectivity index (χ1v) is 8.36. The van der Waals surface area contributed by atoms with Crippen molar-refractivity contribution >= 4 is 16.1 Å². The molecule has 0 aromatic rings. The molecule has 0 spiro atoms. The van der Waals surface area contributed by atoms with Gasteiger partial charge in [0.05, 0.1) is 0 Å². The van der Waals surface area contributed by atoms with Gasteiger partial charge in [0.15, 0.2) is 0 Å². The fraction of sp³-hybridized carbons (Fsp3) is 1.00. The van der Waals surface area contributed by atoms with Crippen LogP contribution in [0.2, 0.25) is 19.6 Å². The van der Waals surface area contributed by atoms with E-state index >= 15 is 0 Å². The van der Waals surface area contributed by atoms with Crippen LogP contribution in [0.4, 0.5) is 0 Å². The third-order valence-electron chi connectivity index (χ3n) is 0.523. The van der Waals surface area contributed by atoms with Crippen LogP contribution in [0.25, 0.3) is 0 Å². The van der Waals surface area contributed by atoms with E-state index in [2.05, 4.69) is 19.6 Å². The first kappa shape index (κ1) is 8.61. The predicted octanol–water partition coefficient (Wildman–Crippen LogP) is 2.45. The Labute approximate surface area is 54.5 Å². The highest BCUT2D eigenvalue weighted by Gasteiger charge is 2.12. The summed E-state index contributed by atoms with van der Waals surface area (Å²) in [6, 6.07) is 0. The lowest BCUT2D eigenvalue weighted by Gasteiger charge is -2.13. The maximum absolute atomic E-state index is 5.29. The van der Waals surface area contributed by atoms with E-state index in [1.807, 2.05) is 6.92 Å². The Morgan fingerprint density at radius 3 is 2.00 bits per heavy atom. The molecule has 0 rings (SSSR count). The van der Waals surface area contributed by atoms with Crippen molar-refractivity contribution in [2.24, 2.45) is 0 Å². The molecular weight excluding hydrogens is 135 g/mol. The molecule has 0 radical (unpaired) electrons. The summed E-state index contributed by atoms with van der Waals surface area (Å²) in [5.74, 6) is 0. The summed E-state index contributed by atoms with van der Waals surface area (Å²) in [5.41, 5.74) is 0. The SMILES string of the molecule is CCOP[Si](C)(C)C. The van der Waals surface area contributed by atoms with Crippen LogP contribution in [0.3, 0.4) is 0 Å². The largest absolute Gasteiger partial charge is 0.367 e. The Hall–Kier alpha value is 0.607. The fourth-order valence-corrected chi connectivity index (χ4v) is 2.60. The highest BCUT2D eigenvalue weighted by Crippen LogP contribution is 2.26. The van der Waals surface area contributed by atoms with Crippen LogP contribution in [0.1, 0.15) is 6.92 Å². The monoisotopic (exact) mass is 150 g/mol. The zero-order chi connectivity index (χ0) is 6.62. The molecule has 0 aromatic heterocycles. The molecule has 0 amide bonds. The highest BCUT2D eigenvalue weighted by atomic mass is 31.4. The van der Waals surface area contributed by atoms with Gasteiger partial charge in [0.2, 0.25) is 0 Å². The maximum atomic E-state index is 5.29. The molecule has 1 unspecified atom stereocenters. The van der Waals surface area contributed by atoms with Crippen LogP contribution in [0.15, 0.2) is 0 Å². The Bertz CT molecular complexity index is 59.9. The minimum Gasteiger partial charge on any atom is -0.367 e. The Kier molecular flexibility index (Phi) is 3.87. The first-order valence-electron chi connectivity index (χ1n) is 2.95. The van der Waals surface area contributed by atoms with E-state index in [4.69, 9.17) is 4.52 Å². The fourth-order valence-electron chi connectivity index (χ4n) is 0.289. The molecule has 1 nitrogen and oxygen atoms in total. The Morgan fingerprint density at radius 1 is 1.38 bits per heavy atom. The molecule has 50 valence electrons. The van der Waals surface area contributed by atoms with E-state index in [1.54, 1.807) is 0 Å². The summed E-state index contributed by atoms with van der Waals surface area (Å²) in [6.45, 7) is 9.89. The summed E-state index contributed by atoms with van der Waals surface area (Å²) in [5, 5.41) is 0. The van der Waals surface area contributed by atoms with Crippen molar-refractivity contribution in [2.45, 2.75) is 26.6 Å². The van der Waals surface area contributed by atoms with Crippen molar-refractivity contribution in [1.82, 2.24) is 0 Å². The molecule has 3 heteroatoms. The molecule has 1 atom stereocenters. The Morgan fingerprint density at radius 2 is 1.88 bits per heavy atom.